The summed E-state index contributed by atoms with van der Waals surface area (Å²) in [6, 6.07) is 19.0. The van der Waals surface area contributed by atoms with Gasteiger partial charge in [0.05, 0.1) is 0 Å². The molecule has 5 rings (SSSR count). The van der Waals surface area contributed by atoms with Crippen molar-refractivity contribution in [3.05, 3.63) is 89.9 Å². The number of benzene rings is 2. The number of carbonyl (C=O) groups excluding carboxylic acids is 1. The van der Waals surface area contributed by atoms with Gasteiger partial charge < -0.3 is 20.9 Å². The number of nitrogens with one attached hydrogen (secondary N) is 3. The van der Waals surface area contributed by atoms with Crippen molar-refractivity contribution in [3.63, 3.8) is 0 Å². The molecule has 10 heteroatoms. The maximum absolute atomic E-state index is 13.1. The molecule has 0 aliphatic rings. The summed E-state index contributed by atoms with van der Waals surface area (Å²) in [6.45, 7) is 12.5. The highest BCUT2D eigenvalue weighted by atomic mass is 16.1. The van der Waals surface area contributed by atoms with E-state index in [1.807, 2.05) is 79.1 Å². The van der Waals surface area contributed by atoms with Crippen LogP contribution in [0.4, 0.5) is 23.1 Å². The van der Waals surface area contributed by atoms with Gasteiger partial charge >= 0.3 is 0 Å². The zero-order valence-corrected chi connectivity index (χ0v) is 25.3. The third-order valence-corrected chi connectivity index (χ3v) is 7.42. The lowest BCUT2D eigenvalue weighted by molar-refractivity contribution is 0.102. The Kier molecular flexibility index (Phi) is 9.58. The second-order valence-electron chi connectivity index (χ2n) is 10.5. The first-order valence-corrected chi connectivity index (χ1v) is 14.8. The minimum Gasteiger partial charge on any atom is -0.370 e. The number of amides is 1. The summed E-state index contributed by atoms with van der Waals surface area (Å²) in [5.41, 5.74) is 5.48. The summed E-state index contributed by atoms with van der Waals surface area (Å²) in [7, 11) is 0. The van der Waals surface area contributed by atoms with Gasteiger partial charge in [-0.25, -0.2) is 24.5 Å². The van der Waals surface area contributed by atoms with Gasteiger partial charge in [-0.2, -0.15) is 0 Å². The van der Waals surface area contributed by atoms with Crippen molar-refractivity contribution < 1.29 is 4.79 Å². The van der Waals surface area contributed by atoms with Crippen LogP contribution in [-0.2, 0) is 0 Å². The molecule has 0 aliphatic carbocycles. The van der Waals surface area contributed by atoms with Crippen LogP contribution in [0.2, 0.25) is 0 Å². The van der Waals surface area contributed by atoms with Gasteiger partial charge in [-0.3, -0.25) is 4.79 Å². The third-order valence-electron chi connectivity index (χ3n) is 7.42. The van der Waals surface area contributed by atoms with Crippen molar-refractivity contribution in [1.29, 1.82) is 0 Å². The molecule has 43 heavy (non-hydrogen) atoms. The highest BCUT2D eigenvalue weighted by Crippen LogP contribution is 2.28. The average molecular weight is 578 g/mol. The summed E-state index contributed by atoms with van der Waals surface area (Å²) in [6.07, 6.45) is 5.46. The van der Waals surface area contributed by atoms with Gasteiger partial charge in [0.1, 0.15) is 23.5 Å². The Morgan fingerprint density at radius 3 is 2.60 bits per heavy atom. The first kappa shape index (κ1) is 29.7. The maximum atomic E-state index is 13.1. The van der Waals surface area contributed by atoms with E-state index in [0.29, 0.717) is 23.0 Å². The number of fused-ring (bicyclic) bond motifs is 1. The van der Waals surface area contributed by atoms with Crippen molar-refractivity contribution in [2.24, 2.45) is 0 Å². The molecule has 3 heterocycles. The van der Waals surface area contributed by atoms with Crippen LogP contribution < -0.4 is 16.0 Å². The van der Waals surface area contributed by atoms with E-state index in [1.54, 1.807) is 12.5 Å². The molecule has 10 nitrogen and oxygen atoms in total. The van der Waals surface area contributed by atoms with Crippen molar-refractivity contribution in [2.75, 3.05) is 42.1 Å². The Morgan fingerprint density at radius 1 is 0.930 bits per heavy atom. The lowest BCUT2D eigenvalue weighted by atomic mass is 10.1. The fraction of sp³-hybridized carbons (Fsp3) is 0.303. The van der Waals surface area contributed by atoms with Crippen LogP contribution in [0.3, 0.4) is 0 Å². The van der Waals surface area contributed by atoms with Gasteiger partial charge in [0, 0.05) is 35.7 Å². The van der Waals surface area contributed by atoms with Crippen LogP contribution in [0.25, 0.3) is 17.0 Å². The summed E-state index contributed by atoms with van der Waals surface area (Å²) >= 11 is 0. The van der Waals surface area contributed by atoms with Gasteiger partial charge in [0.25, 0.3) is 5.91 Å². The standard InChI is InChI=1S/C33H39N9O/c1-5-41(6-2)18-8-7-16-34-29-21-30(37-22-36-29)42-31-27(13-10-17-35-31)39-33(42)40-28-20-25(15-14-24(28)4)32(43)38-26-12-9-11-23(3)19-26/h9-15,17,19-22H,5-8,16,18H2,1-4H3,(H,38,43)(H,39,40)(H,34,36,37). The molecule has 1 amide bonds. The van der Waals surface area contributed by atoms with E-state index in [2.05, 4.69) is 49.6 Å². The van der Waals surface area contributed by atoms with Crippen LogP contribution in [0.5, 0.6) is 0 Å². The van der Waals surface area contributed by atoms with Gasteiger partial charge in [0.15, 0.2) is 5.65 Å². The third kappa shape index (κ3) is 7.34. The fourth-order valence-electron chi connectivity index (χ4n) is 4.94. The largest absolute Gasteiger partial charge is 0.370 e. The predicted octanol–water partition coefficient (Wildman–Crippen LogP) is 6.36. The number of carbonyl (C=O) groups is 1. The number of pyridine rings is 1. The van der Waals surface area contributed by atoms with E-state index < -0.39 is 0 Å². The number of aromatic nitrogens is 5. The zero-order valence-electron chi connectivity index (χ0n) is 25.3. The fourth-order valence-corrected chi connectivity index (χ4v) is 4.94. The Hall–Kier alpha value is -4.83. The average Bonchev–Trinajstić information content (AvgIpc) is 3.38. The number of aryl methyl sites for hydroxylation is 2. The van der Waals surface area contributed by atoms with Crippen molar-refractivity contribution >= 4 is 40.2 Å². The van der Waals surface area contributed by atoms with Gasteiger partial charge in [0.2, 0.25) is 5.95 Å². The van der Waals surface area contributed by atoms with Crippen molar-refractivity contribution in [2.45, 2.75) is 40.5 Å². The zero-order chi connectivity index (χ0) is 30.2. The van der Waals surface area contributed by atoms with E-state index in [1.165, 1.54) is 0 Å². The Balaban J connectivity index is 1.37. The minimum absolute atomic E-state index is 0.188. The van der Waals surface area contributed by atoms with Crippen LogP contribution in [0, 0.1) is 13.8 Å². The molecule has 5 aromatic rings. The lowest BCUT2D eigenvalue weighted by Crippen LogP contribution is -2.24. The maximum Gasteiger partial charge on any atom is 0.255 e. The smallest absolute Gasteiger partial charge is 0.255 e. The first-order chi connectivity index (χ1) is 20.9. The number of rotatable bonds is 13. The van der Waals surface area contributed by atoms with Gasteiger partial charge in [-0.1, -0.05) is 32.0 Å². The van der Waals surface area contributed by atoms with E-state index >= 15 is 0 Å². The summed E-state index contributed by atoms with van der Waals surface area (Å²) < 4.78 is 1.88. The van der Waals surface area contributed by atoms with E-state index in [4.69, 9.17) is 4.98 Å². The molecule has 222 valence electrons. The molecular weight excluding hydrogens is 538 g/mol. The van der Waals surface area contributed by atoms with E-state index in [0.717, 1.165) is 72.9 Å². The SMILES string of the molecule is CCN(CC)CCCCNc1cc(-n2c(Nc3cc(C(=O)Nc4cccc(C)c4)ccc3C)nc3cccnc32)ncn1. The molecule has 3 aromatic heterocycles. The number of hydrogen-bond acceptors (Lipinski definition) is 8. The normalized spacial score (nSPS) is 11.2. The second kappa shape index (κ2) is 13.9. The molecule has 2 aromatic carbocycles. The van der Waals surface area contributed by atoms with Crippen molar-refractivity contribution in [3.8, 4) is 5.82 Å². The molecule has 0 atom stereocenters. The molecule has 0 spiro atoms. The Bertz CT molecular complexity index is 1690. The van der Waals surface area contributed by atoms with Crippen LogP contribution in [-0.4, -0.2) is 61.5 Å². The molecule has 0 unspecified atom stereocenters. The van der Waals surface area contributed by atoms with Gasteiger partial charge in [-0.15, -0.1) is 0 Å². The molecule has 0 radical (unpaired) electrons. The van der Waals surface area contributed by atoms with E-state index in [9.17, 15) is 4.79 Å². The monoisotopic (exact) mass is 577 g/mol. The number of nitrogens with zero attached hydrogens (tertiary/aromatic N) is 6. The quantitative estimate of drug-likeness (QED) is 0.139. The summed E-state index contributed by atoms with van der Waals surface area (Å²) in [5, 5.41) is 9.87. The number of unbranched alkanes of at least 4 members (excludes halogenated alkanes) is 1. The number of hydrogen-bond donors (Lipinski definition) is 3. The highest BCUT2D eigenvalue weighted by molar-refractivity contribution is 6.05. The molecule has 0 bridgehead atoms. The van der Waals surface area contributed by atoms with Crippen LogP contribution >= 0.6 is 0 Å². The van der Waals surface area contributed by atoms with Crippen molar-refractivity contribution in [1.82, 2.24) is 29.4 Å². The molecule has 0 aliphatic heterocycles. The van der Waals surface area contributed by atoms with Gasteiger partial charge in [-0.05, 0) is 93.8 Å². The Labute approximate surface area is 252 Å². The first-order valence-electron chi connectivity index (χ1n) is 14.8. The summed E-state index contributed by atoms with van der Waals surface area (Å²) in [4.78, 5) is 34.0. The summed E-state index contributed by atoms with van der Waals surface area (Å²) in [5.74, 6) is 1.72. The lowest BCUT2D eigenvalue weighted by Gasteiger charge is -2.17. The highest BCUT2D eigenvalue weighted by Gasteiger charge is 2.17. The molecule has 0 saturated carbocycles. The van der Waals surface area contributed by atoms with Crippen LogP contribution in [0.15, 0.2) is 73.2 Å². The number of anilines is 4. The van der Waals surface area contributed by atoms with E-state index in [-0.39, 0.29) is 5.91 Å². The topological polar surface area (TPSA) is 113 Å². The Morgan fingerprint density at radius 2 is 1.79 bits per heavy atom. The molecular formula is C33H39N9O. The minimum atomic E-state index is -0.188. The van der Waals surface area contributed by atoms with Crippen LogP contribution in [0.1, 0.15) is 48.2 Å². The predicted molar refractivity (Wildman–Crippen MR) is 174 cm³/mol. The molecule has 3 N–H and O–H groups in total. The number of imidazole rings is 1. The second-order valence-corrected chi connectivity index (χ2v) is 10.5. The molecule has 0 fully saturated rings. The molecule has 0 saturated heterocycles.